The predicted molar refractivity (Wildman–Crippen MR) is 81.2 cm³/mol. The standard InChI is InChI=1S/C15H16N4S/c1-19(14-6-2-11(8-16)3-7-14)15-18-13(10-20-15)9-17-12-4-5-12/h2-3,6-7,10,12,17H,4-5,9H2,1H3. The molecule has 0 bridgehead atoms. The Morgan fingerprint density at radius 2 is 2.15 bits per heavy atom. The van der Waals surface area contributed by atoms with E-state index in [9.17, 15) is 0 Å². The Morgan fingerprint density at radius 1 is 1.40 bits per heavy atom. The van der Waals surface area contributed by atoms with E-state index in [1.807, 2.05) is 36.2 Å². The molecule has 20 heavy (non-hydrogen) atoms. The molecule has 0 amide bonds. The average Bonchev–Trinajstić information content (AvgIpc) is 3.21. The monoisotopic (exact) mass is 284 g/mol. The van der Waals surface area contributed by atoms with Gasteiger partial charge < -0.3 is 10.2 Å². The van der Waals surface area contributed by atoms with Crippen LogP contribution in [-0.2, 0) is 6.54 Å². The van der Waals surface area contributed by atoms with Gasteiger partial charge in [-0.2, -0.15) is 5.26 Å². The highest BCUT2D eigenvalue weighted by Crippen LogP contribution is 2.27. The lowest BCUT2D eigenvalue weighted by atomic mass is 10.2. The van der Waals surface area contributed by atoms with Crippen LogP contribution in [0.25, 0.3) is 0 Å². The van der Waals surface area contributed by atoms with Crippen molar-refractivity contribution in [1.82, 2.24) is 10.3 Å². The van der Waals surface area contributed by atoms with E-state index in [1.165, 1.54) is 12.8 Å². The van der Waals surface area contributed by atoms with Gasteiger partial charge in [0.05, 0.1) is 17.3 Å². The van der Waals surface area contributed by atoms with Crippen LogP contribution in [0.3, 0.4) is 0 Å². The van der Waals surface area contributed by atoms with Crippen LogP contribution in [0.4, 0.5) is 10.8 Å². The average molecular weight is 284 g/mol. The summed E-state index contributed by atoms with van der Waals surface area (Å²) in [5.74, 6) is 0. The zero-order valence-electron chi connectivity index (χ0n) is 11.3. The van der Waals surface area contributed by atoms with Gasteiger partial charge in [-0.05, 0) is 37.1 Å². The molecule has 1 N–H and O–H groups in total. The molecule has 3 rings (SSSR count). The van der Waals surface area contributed by atoms with Gasteiger partial charge >= 0.3 is 0 Å². The molecule has 0 saturated heterocycles. The maximum atomic E-state index is 8.82. The summed E-state index contributed by atoms with van der Waals surface area (Å²) in [6, 6.07) is 10.4. The van der Waals surface area contributed by atoms with Crippen molar-refractivity contribution in [3.63, 3.8) is 0 Å². The van der Waals surface area contributed by atoms with Crippen LogP contribution in [-0.4, -0.2) is 18.1 Å². The summed E-state index contributed by atoms with van der Waals surface area (Å²) in [5.41, 5.74) is 2.81. The second-order valence-electron chi connectivity index (χ2n) is 4.99. The third-order valence-electron chi connectivity index (χ3n) is 3.36. The molecule has 1 saturated carbocycles. The molecule has 0 radical (unpaired) electrons. The fraction of sp³-hybridized carbons (Fsp3) is 0.333. The summed E-state index contributed by atoms with van der Waals surface area (Å²) < 4.78 is 0. The zero-order chi connectivity index (χ0) is 13.9. The van der Waals surface area contributed by atoms with Gasteiger partial charge in [-0.15, -0.1) is 11.3 Å². The van der Waals surface area contributed by atoms with E-state index in [0.717, 1.165) is 23.1 Å². The van der Waals surface area contributed by atoms with E-state index >= 15 is 0 Å². The van der Waals surface area contributed by atoms with Crippen molar-refractivity contribution in [3.8, 4) is 6.07 Å². The van der Waals surface area contributed by atoms with Crippen molar-refractivity contribution in [2.75, 3.05) is 11.9 Å². The van der Waals surface area contributed by atoms with Crippen LogP contribution < -0.4 is 10.2 Å². The Balaban J connectivity index is 1.68. The van der Waals surface area contributed by atoms with Crippen LogP contribution in [0.1, 0.15) is 24.1 Å². The van der Waals surface area contributed by atoms with Gasteiger partial charge in [-0.1, -0.05) is 0 Å². The van der Waals surface area contributed by atoms with Gasteiger partial charge in [-0.3, -0.25) is 0 Å². The maximum Gasteiger partial charge on any atom is 0.189 e. The Hall–Kier alpha value is -1.90. The van der Waals surface area contributed by atoms with E-state index in [4.69, 9.17) is 5.26 Å². The molecule has 1 fully saturated rings. The van der Waals surface area contributed by atoms with E-state index in [1.54, 1.807) is 11.3 Å². The quantitative estimate of drug-likeness (QED) is 0.917. The van der Waals surface area contributed by atoms with Crippen molar-refractivity contribution < 1.29 is 0 Å². The first-order valence-corrected chi connectivity index (χ1v) is 7.56. The molecule has 0 aliphatic heterocycles. The number of nitrogens with one attached hydrogen (secondary N) is 1. The van der Waals surface area contributed by atoms with Crippen molar-refractivity contribution in [1.29, 1.82) is 5.26 Å². The van der Waals surface area contributed by atoms with Gasteiger partial charge in [0.15, 0.2) is 5.13 Å². The van der Waals surface area contributed by atoms with Gasteiger partial charge in [0.2, 0.25) is 0 Å². The third-order valence-corrected chi connectivity index (χ3v) is 4.33. The summed E-state index contributed by atoms with van der Waals surface area (Å²) in [6.07, 6.45) is 2.59. The molecule has 0 spiro atoms. The third kappa shape index (κ3) is 2.98. The van der Waals surface area contributed by atoms with Crippen molar-refractivity contribution in [2.45, 2.75) is 25.4 Å². The number of benzene rings is 1. The molecule has 2 aromatic rings. The molecule has 1 aliphatic rings. The molecule has 1 aromatic carbocycles. The van der Waals surface area contributed by atoms with E-state index in [-0.39, 0.29) is 0 Å². The number of anilines is 2. The number of hydrogen-bond acceptors (Lipinski definition) is 5. The van der Waals surface area contributed by atoms with Gasteiger partial charge in [0.25, 0.3) is 0 Å². The van der Waals surface area contributed by atoms with Crippen LogP contribution in [0.5, 0.6) is 0 Å². The summed E-state index contributed by atoms with van der Waals surface area (Å²) >= 11 is 1.64. The van der Waals surface area contributed by atoms with E-state index < -0.39 is 0 Å². The number of nitrogens with zero attached hydrogens (tertiary/aromatic N) is 3. The van der Waals surface area contributed by atoms with Crippen LogP contribution in [0.2, 0.25) is 0 Å². The van der Waals surface area contributed by atoms with Crippen molar-refractivity contribution >= 4 is 22.2 Å². The molecular weight excluding hydrogens is 268 g/mol. The Morgan fingerprint density at radius 3 is 2.80 bits per heavy atom. The lowest BCUT2D eigenvalue weighted by Gasteiger charge is -2.15. The van der Waals surface area contributed by atoms with Crippen molar-refractivity contribution in [3.05, 3.63) is 40.9 Å². The number of nitriles is 1. The Labute approximate surface area is 122 Å². The predicted octanol–water partition coefficient (Wildman–Crippen LogP) is 3.03. The highest BCUT2D eigenvalue weighted by Gasteiger charge is 2.20. The zero-order valence-corrected chi connectivity index (χ0v) is 12.2. The summed E-state index contributed by atoms with van der Waals surface area (Å²) in [4.78, 5) is 6.69. The Bertz CT molecular complexity index is 622. The second kappa shape index (κ2) is 5.61. The first-order valence-electron chi connectivity index (χ1n) is 6.68. The largest absolute Gasteiger partial charge is 0.321 e. The molecule has 1 heterocycles. The Kier molecular flexibility index (Phi) is 3.68. The molecule has 1 aliphatic carbocycles. The summed E-state index contributed by atoms with van der Waals surface area (Å²) in [7, 11) is 2.00. The number of rotatable bonds is 5. The molecule has 1 aromatic heterocycles. The number of thiazole rings is 1. The summed E-state index contributed by atoms with van der Waals surface area (Å²) in [6.45, 7) is 0.850. The smallest absolute Gasteiger partial charge is 0.189 e. The highest BCUT2D eigenvalue weighted by atomic mass is 32.1. The van der Waals surface area contributed by atoms with Gasteiger partial charge in [-0.25, -0.2) is 4.98 Å². The van der Waals surface area contributed by atoms with Crippen LogP contribution in [0, 0.1) is 11.3 Å². The molecule has 0 atom stereocenters. The van der Waals surface area contributed by atoms with Crippen molar-refractivity contribution in [2.24, 2.45) is 0 Å². The minimum absolute atomic E-state index is 0.676. The lowest BCUT2D eigenvalue weighted by molar-refractivity contribution is 0.677. The molecule has 102 valence electrons. The van der Waals surface area contributed by atoms with E-state index in [2.05, 4.69) is 21.8 Å². The normalized spacial score (nSPS) is 14.0. The first kappa shape index (κ1) is 13.1. The maximum absolute atomic E-state index is 8.82. The number of aromatic nitrogens is 1. The minimum atomic E-state index is 0.676. The van der Waals surface area contributed by atoms with E-state index in [0.29, 0.717) is 11.6 Å². The molecule has 5 heteroatoms. The topological polar surface area (TPSA) is 52.0 Å². The molecule has 0 unspecified atom stereocenters. The SMILES string of the molecule is CN(c1ccc(C#N)cc1)c1nc(CNC2CC2)cs1. The highest BCUT2D eigenvalue weighted by molar-refractivity contribution is 7.13. The fourth-order valence-corrected chi connectivity index (χ4v) is 2.75. The van der Waals surface area contributed by atoms with Crippen LogP contribution in [0.15, 0.2) is 29.6 Å². The second-order valence-corrected chi connectivity index (χ2v) is 5.83. The van der Waals surface area contributed by atoms with Gasteiger partial charge in [0.1, 0.15) is 0 Å². The molecular formula is C15H16N4S. The van der Waals surface area contributed by atoms with Crippen LogP contribution >= 0.6 is 11.3 Å². The number of hydrogen-bond donors (Lipinski definition) is 1. The first-order chi connectivity index (χ1) is 9.76. The fourth-order valence-electron chi connectivity index (χ4n) is 1.94. The summed E-state index contributed by atoms with van der Waals surface area (Å²) in [5, 5.41) is 15.4. The lowest BCUT2D eigenvalue weighted by Crippen LogP contribution is -2.16. The minimum Gasteiger partial charge on any atom is -0.321 e. The molecule has 4 nitrogen and oxygen atoms in total. The van der Waals surface area contributed by atoms with Gasteiger partial charge in [0, 0.05) is 30.7 Å².